The van der Waals surface area contributed by atoms with Crippen LogP contribution in [0.1, 0.15) is 27.7 Å². The molecule has 0 bridgehead atoms. The number of amides is 1. The molecule has 2 nitrogen and oxygen atoms in total. The molecule has 1 unspecified atom stereocenters. The number of alkyl halides is 1. The SMILES string of the molecule is CC(Cl)C(=O)NC(C)(C)C. The van der Waals surface area contributed by atoms with E-state index < -0.39 is 5.38 Å². The second-order valence-electron chi connectivity index (χ2n) is 3.36. The summed E-state index contributed by atoms with van der Waals surface area (Å²) in [6.07, 6.45) is 0. The zero-order valence-electron chi connectivity index (χ0n) is 6.86. The molecule has 0 spiro atoms. The summed E-state index contributed by atoms with van der Waals surface area (Å²) in [5.41, 5.74) is -0.180. The Labute approximate surface area is 66.9 Å². The minimum absolute atomic E-state index is 0.117. The van der Waals surface area contributed by atoms with Gasteiger partial charge in [0.05, 0.1) is 0 Å². The van der Waals surface area contributed by atoms with Crippen LogP contribution in [0.3, 0.4) is 0 Å². The van der Waals surface area contributed by atoms with E-state index in [1.807, 2.05) is 20.8 Å². The van der Waals surface area contributed by atoms with Gasteiger partial charge in [-0.2, -0.15) is 0 Å². The lowest BCUT2D eigenvalue weighted by Gasteiger charge is -2.21. The van der Waals surface area contributed by atoms with E-state index >= 15 is 0 Å². The quantitative estimate of drug-likeness (QED) is 0.584. The topological polar surface area (TPSA) is 29.1 Å². The Morgan fingerprint density at radius 3 is 2.00 bits per heavy atom. The smallest absolute Gasteiger partial charge is 0.238 e. The first-order valence-corrected chi connectivity index (χ1v) is 3.72. The molecule has 0 heterocycles. The van der Waals surface area contributed by atoms with Crippen molar-refractivity contribution in [2.75, 3.05) is 0 Å². The molecular weight excluding hydrogens is 150 g/mol. The van der Waals surface area contributed by atoms with Crippen molar-refractivity contribution in [1.29, 1.82) is 0 Å². The van der Waals surface area contributed by atoms with Gasteiger partial charge in [0.15, 0.2) is 0 Å². The van der Waals surface area contributed by atoms with E-state index in [0.29, 0.717) is 0 Å². The summed E-state index contributed by atoms with van der Waals surface area (Å²) in [5.74, 6) is -0.117. The molecule has 0 rings (SSSR count). The first kappa shape index (κ1) is 9.76. The fourth-order valence-corrected chi connectivity index (χ4v) is 0.524. The Morgan fingerprint density at radius 2 is 1.90 bits per heavy atom. The van der Waals surface area contributed by atoms with Crippen molar-refractivity contribution < 1.29 is 4.79 Å². The maximum atomic E-state index is 10.9. The number of carbonyl (C=O) groups excluding carboxylic acids is 1. The monoisotopic (exact) mass is 163 g/mol. The molecule has 0 radical (unpaired) electrons. The van der Waals surface area contributed by atoms with Crippen LogP contribution in [-0.4, -0.2) is 16.8 Å². The van der Waals surface area contributed by atoms with E-state index in [0.717, 1.165) is 0 Å². The van der Waals surface area contributed by atoms with Gasteiger partial charge in [0.1, 0.15) is 5.38 Å². The van der Waals surface area contributed by atoms with Crippen molar-refractivity contribution in [3.63, 3.8) is 0 Å². The summed E-state index contributed by atoms with van der Waals surface area (Å²) in [7, 11) is 0. The molecule has 0 aliphatic carbocycles. The molecule has 0 aromatic carbocycles. The predicted molar refractivity (Wildman–Crippen MR) is 43.2 cm³/mol. The van der Waals surface area contributed by atoms with Crippen molar-refractivity contribution in [2.24, 2.45) is 0 Å². The van der Waals surface area contributed by atoms with Gasteiger partial charge in [-0.25, -0.2) is 0 Å². The maximum absolute atomic E-state index is 10.9. The highest BCUT2D eigenvalue weighted by Gasteiger charge is 2.16. The zero-order valence-corrected chi connectivity index (χ0v) is 7.62. The second-order valence-corrected chi connectivity index (χ2v) is 4.01. The Morgan fingerprint density at radius 1 is 1.50 bits per heavy atom. The van der Waals surface area contributed by atoms with Crippen molar-refractivity contribution in [2.45, 2.75) is 38.6 Å². The van der Waals surface area contributed by atoms with Gasteiger partial charge in [-0.05, 0) is 27.7 Å². The Balaban J connectivity index is 3.81. The Bertz CT molecular complexity index is 126. The van der Waals surface area contributed by atoms with E-state index in [-0.39, 0.29) is 11.4 Å². The summed E-state index contributed by atoms with van der Waals surface area (Å²) >= 11 is 5.52. The lowest BCUT2D eigenvalue weighted by molar-refractivity contribution is -0.121. The van der Waals surface area contributed by atoms with Crippen LogP contribution < -0.4 is 5.32 Å². The standard InChI is InChI=1S/C7H14ClNO/c1-5(8)6(10)9-7(2,3)4/h5H,1-4H3,(H,9,10). The van der Waals surface area contributed by atoms with Crippen LogP contribution in [0, 0.1) is 0 Å². The van der Waals surface area contributed by atoms with Gasteiger partial charge in [0.2, 0.25) is 5.91 Å². The predicted octanol–water partition coefficient (Wildman–Crippen LogP) is 1.53. The molecule has 60 valence electrons. The molecule has 0 aromatic heterocycles. The minimum Gasteiger partial charge on any atom is -0.350 e. The summed E-state index contributed by atoms with van der Waals surface area (Å²) in [6, 6.07) is 0. The first-order chi connectivity index (χ1) is 4.33. The Kier molecular flexibility index (Phi) is 3.16. The molecule has 1 atom stereocenters. The van der Waals surface area contributed by atoms with Crippen LogP contribution in [0.2, 0.25) is 0 Å². The van der Waals surface area contributed by atoms with Gasteiger partial charge >= 0.3 is 0 Å². The average Bonchev–Trinajstić information content (AvgIpc) is 1.60. The number of hydrogen-bond acceptors (Lipinski definition) is 1. The molecule has 1 amide bonds. The molecule has 0 aliphatic heterocycles. The highest BCUT2D eigenvalue weighted by molar-refractivity contribution is 6.30. The summed E-state index contributed by atoms with van der Waals surface area (Å²) < 4.78 is 0. The molecular formula is C7H14ClNO. The van der Waals surface area contributed by atoms with Crippen LogP contribution in [0.4, 0.5) is 0 Å². The average molecular weight is 164 g/mol. The third-order valence-electron chi connectivity index (χ3n) is 0.859. The summed E-state index contributed by atoms with van der Waals surface area (Å²) in [6.45, 7) is 7.42. The van der Waals surface area contributed by atoms with E-state index in [2.05, 4.69) is 5.32 Å². The van der Waals surface area contributed by atoms with Gasteiger partial charge in [-0.1, -0.05) is 0 Å². The van der Waals surface area contributed by atoms with Crippen LogP contribution in [-0.2, 0) is 4.79 Å². The molecule has 1 N–H and O–H groups in total. The maximum Gasteiger partial charge on any atom is 0.238 e. The van der Waals surface area contributed by atoms with E-state index in [9.17, 15) is 4.79 Å². The van der Waals surface area contributed by atoms with Gasteiger partial charge < -0.3 is 5.32 Å². The van der Waals surface area contributed by atoms with Gasteiger partial charge in [-0.3, -0.25) is 4.79 Å². The largest absolute Gasteiger partial charge is 0.350 e. The third kappa shape index (κ3) is 4.62. The number of nitrogens with one attached hydrogen (secondary N) is 1. The fourth-order valence-electron chi connectivity index (χ4n) is 0.469. The van der Waals surface area contributed by atoms with Crippen LogP contribution in [0.15, 0.2) is 0 Å². The van der Waals surface area contributed by atoms with Crippen molar-refractivity contribution >= 4 is 17.5 Å². The van der Waals surface area contributed by atoms with Gasteiger partial charge in [-0.15, -0.1) is 11.6 Å². The van der Waals surface area contributed by atoms with Crippen molar-refractivity contribution in [3.05, 3.63) is 0 Å². The van der Waals surface area contributed by atoms with Crippen LogP contribution >= 0.6 is 11.6 Å². The lowest BCUT2D eigenvalue weighted by atomic mass is 10.1. The van der Waals surface area contributed by atoms with E-state index in [1.54, 1.807) is 6.92 Å². The molecule has 0 saturated carbocycles. The molecule has 0 aromatic rings. The number of rotatable bonds is 1. The van der Waals surface area contributed by atoms with Gasteiger partial charge in [0, 0.05) is 5.54 Å². The van der Waals surface area contributed by atoms with Crippen molar-refractivity contribution in [3.8, 4) is 0 Å². The zero-order chi connectivity index (χ0) is 8.36. The van der Waals surface area contributed by atoms with Crippen LogP contribution in [0.25, 0.3) is 0 Å². The Hall–Kier alpha value is -0.240. The summed E-state index contributed by atoms with van der Waals surface area (Å²) in [5, 5.41) is 2.30. The lowest BCUT2D eigenvalue weighted by Crippen LogP contribution is -2.43. The number of hydrogen-bond donors (Lipinski definition) is 1. The van der Waals surface area contributed by atoms with Gasteiger partial charge in [0.25, 0.3) is 0 Å². The van der Waals surface area contributed by atoms with E-state index in [1.165, 1.54) is 0 Å². The highest BCUT2D eigenvalue weighted by Crippen LogP contribution is 2.01. The van der Waals surface area contributed by atoms with E-state index in [4.69, 9.17) is 11.6 Å². The molecule has 0 saturated heterocycles. The number of halogens is 1. The van der Waals surface area contributed by atoms with Crippen molar-refractivity contribution in [1.82, 2.24) is 5.32 Å². The normalized spacial score (nSPS) is 14.5. The first-order valence-electron chi connectivity index (χ1n) is 3.29. The second kappa shape index (κ2) is 3.24. The molecule has 10 heavy (non-hydrogen) atoms. The summed E-state index contributed by atoms with van der Waals surface area (Å²) in [4.78, 5) is 10.9. The van der Waals surface area contributed by atoms with Crippen LogP contribution in [0.5, 0.6) is 0 Å². The molecule has 3 heteroatoms. The molecule has 0 aliphatic rings. The third-order valence-corrected chi connectivity index (χ3v) is 1.06. The highest BCUT2D eigenvalue weighted by atomic mass is 35.5. The number of carbonyl (C=O) groups is 1. The minimum atomic E-state index is -0.445. The fraction of sp³-hybridized carbons (Fsp3) is 0.857. The molecule has 0 fully saturated rings.